The van der Waals surface area contributed by atoms with E-state index >= 15 is 0 Å². The van der Waals surface area contributed by atoms with E-state index in [0.29, 0.717) is 17.9 Å². The van der Waals surface area contributed by atoms with Gasteiger partial charge in [-0.3, -0.25) is 4.79 Å². The minimum atomic E-state index is -0.573. The fourth-order valence-electron chi connectivity index (χ4n) is 2.90. The molecule has 1 aliphatic rings. The van der Waals surface area contributed by atoms with Crippen molar-refractivity contribution >= 4 is 11.6 Å². The van der Waals surface area contributed by atoms with Crippen LogP contribution in [-0.2, 0) is 4.79 Å². The van der Waals surface area contributed by atoms with Crippen LogP contribution in [0.3, 0.4) is 0 Å². The molecule has 0 bridgehead atoms. The van der Waals surface area contributed by atoms with Gasteiger partial charge in [0.25, 0.3) is 0 Å². The molecule has 1 aliphatic heterocycles. The Morgan fingerprint density at radius 2 is 2.19 bits per heavy atom. The number of carbonyl (C=O) groups is 1. The third-order valence-corrected chi connectivity index (χ3v) is 4.05. The van der Waals surface area contributed by atoms with Crippen molar-refractivity contribution in [2.45, 2.75) is 32.3 Å². The molecule has 3 N–H and O–H groups in total. The molecular weight excluding hydrogens is 266 g/mol. The van der Waals surface area contributed by atoms with E-state index in [1.165, 1.54) is 0 Å². The number of piperidine rings is 1. The van der Waals surface area contributed by atoms with Crippen LogP contribution < -0.4 is 10.6 Å². The zero-order valence-electron chi connectivity index (χ0n) is 12.2. The van der Waals surface area contributed by atoms with E-state index in [1.807, 2.05) is 12.1 Å². The number of carbonyl (C=O) groups excluding carboxylic acids is 1. The molecule has 0 spiro atoms. The van der Waals surface area contributed by atoms with Crippen molar-refractivity contribution in [1.29, 1.82) is 5.26 Å². The summed E-state index contributed by atoms with van der Waals surface area (Å²) < 4.78 is 0. The molecule has 1 amide bonds. The summed E-state index contributed by atoms with van der Waals surface area (Å²) in [6.45, 7) is 3.35. The summed E-state index contributed by atoms with van der Waals surface area (Å²) in [7, 11) is 0. The highest BCUT2D eigenvalue weighted by Gasteiger charge is 2.23. The Hall–Kier alpha value is -2.06. The van der Waals surface area contributed by atoms with Gasteiger partial charge in [-0.2, -0.15) is 5.26 Å². The summed E-state index contributed by atoms with van der Waals surface area (Å²) in [4.78, 5) is 13.2. The molecule has 1 unspecified atom stereocenters. The van der Waals surface area contributed by atoms with Crippen LogP contribution in [0.4, 0.5) is 5.69 Å². The van der Waals surface area contributed by atoms with Crippen molar-refractivity contribution in [2.24, 2.45) is 11.7 Å². The SMILES string of the molecule is CC(O)c1ccc(C#N)cc1N1CCC(CC(N)=O)CC1. The molecule has 21 heavy (non-hydrogen) atoms. The Labute approximate surface area is 125 Å². The molecule has 0 aromatic heterocycles. The first-order chi connectivity index (χ1) is 10.0. The molecule has 0 radical (unpaired) electrons. The number of anilines is 1. The molecule has 5 nitrogen and oxygen atoms in total. The van der Waals surface area contributed by atoms with Crippen LogP contribution in [0.2, 0.25) is 0 Å². The van der Waals surface area contributed by atoms with Gasteiger partial charge < -0.3 is 15.7 Å². The quantitative estimate of drug-likeness (QED) is 0.882. The fourth-order valence-corrected chi connectivity index (χ4v) is 2.90. The highest BCUT2D eigenvalue weighted by molar-refractivity contribution is 5.74. The number of aliphatic hydroxyl groups excluding tert-OH is 1. The molecule has 1 fully saturated rings. The maximum atomic E-state index is 11.0. The average molecular weight is 287 g/mol. The maximum Gasteiger partial charge on any atom is 0.217 e. The van der Waals surface area contributed by atoms with Crippen molar-refractivity contribution < 1.29 is 9.90 Å². The number of aliphatic hydroxyl groups is 1. The Bertz CT molecular complexity index is 555. The van der Waals surface area contributed by atoms with Gasteiger partial charge >= 0.3 is 0 Å². The number of nitrogens with zero attached hydrogens (tertiary/aromatic N) is 2. The highest BCUT2D eigenvalue weighted by atomic mass is 16.3. The van der Waals surface area contributed by atoms with Crippen LogP contribution in [0.15, 0.2) is 18.2 Å². The van der Waals surface area contributed by atoms with Gasteiger partial charge in [-0.15, -0.1) is 0 Å². The second-order valence-corrected chi connectivity index (χ2v) is 5.66. The van der Waals surface area contributed by atoms with Gasteiger partial charge in [-0.05, 0) is 37.8 Å². The molecule has 1 aromatic carbocycles. The first kappa shape index (κ1) is 15.3. The lowest BCUT2D eigenvalue weighted by atomic mass is 9.92. The molecular formula is C16H21N3O2. The molecule has 1 aromatic rings. The predicted octanol–water partition coefficient (Wildman–Crippen LogP) is 1.70. The lowest BCUT2D eigenvalue weighted by Crippen LogP contribution is -2.35. The number of nitriles is 1. The molecule has 112 valence electrons. The average Bonchev–Trinajstić information content (AvgIpc) is 2.46. The van der Waals surface area contributed by atoms with E-state index < -0.39 is 6.10 Å². The number of primary amides is 1. The Kier molecular flexibility index (Phi) is 4.81. The van der Waals surface area contributed by atoms with Gasteiger partial charge in [0.05, 0.1) is 17.7 Å². The van der Waals surface area contributed by atoms with Gasteiger partial charge in [0.2, 0.25) is 5.91 Å². The third kappa shape index (κ3) is 3.73. The van der Waals surface area contributed by atoms with E-state index in [1.54, 1.807) is 13.0 Å². The number of amides is 1. The summed E-state index contributed by atoms with van der Waals surface area (Å²) in [6.07, 6.45) is 1.67. The Balaban J connectivity index is 2.15. The number of benzene rings is 1. The van der Waals surface area contributed by atoms with Gasteiger partial charge in [0.15, 0.2) is 0 Å². The lowest BCUT2D eigenvalue weighted by molar-refractivity contribution is -0.119. The van der Waals surface area contributed by atoms with Crippen LogP contribution in [0.1, 0.15) is 43.4 Å². The summed E-state index contributed by atoms with van der Waals surface area (Å²) in [5.74, 6) is 0.0949. The smallest absolute Gasteiger partial charge is 0.217 e. The third-order valence-electron chi connectivity index (χ3n) is 4.05. The van der Waals surface area contributed by atoms with Gasteiger partial charge in [-0.25, -0.2) is 0 Å². The number of rotatable bonds is 4. The van der Waals surface area contributed by atoms with E-state index in [4.69, 9.17) is 11.0 Å². The molecule has 2 rings (SSSR count). The predicted molar refractivity (Wildman–Crippen MR) is 80.5 cm³/mol. The summed E-state index contributed by atoms with van der Waals surface area (Å²) in [6, 6.07) is 7.51. The monoisotopic (exact) mass is 287 g/mol. The lowest BCUT2D eigenvalue weighted by Gasteiger charge is -2.35. The summed E-state index contributed by atoms with van der Waals surface area (Å²) in [5.41, 5.74) is 7.59. The van der Waals surface area contributed by atoms with Gasteiger partial charge in [-0.1, -0.05) is 6.07 Å². The molecule has 0 saturated carbocycles. The van der Waals surface area contributed by atoms with Crippen molar-refractivity contribution in [3.63, 3.8) is 0 Å². The molecule has 0 aliphatic carbocycles. The first-order valence-electron chi connectivity index (χ1n) is 7.26. The van der Waals surface area contributed by atoms with E-state index in [9.17, 15) is 9.90 Å². The number of hydrogen-bond donors (Lipinski definition) is 2. The second-order valence-electron chi connectivity index (χ2n) is 5.66. The van der Waals surface area contributed by atoms with E-state index in [0.717, 1.165) is 37.2 Å². The Morgan fingerprint density at radius 1 is 1.52 bits per heavy atom. The molecule has 1 atom stereocenters. The van der Waals surface area contributed by atoms with Gasteiger partial charge in [0, 0.05) is 30.8 Å². The van der Waals surface area contributed by atoms with E-state index in [2.05, 4.69) is 11.0 Å². The Morgan fingerprint density at radius 3 is 2.71 bits per heavy atom. The maximum absolute atomic E-state index is 11.0. The minimum absolute atomic E-state index is 0.246. The normalized spacial score (nSPS) is 17.3. The molecule has 5 heteroatoms. The van der Waals surface area contributed by atoms with Gasteiger partial charge in [0.1, 0.15) is 0 Å². The van der Waals surface area contributed by atoms with Crippen LogP contribution in [0.5, 0.6) is 0 Å². The molecule has 1 saturated heterocycles. The van der Waals surface area contributed by atoms with Crippen molar-refractivity contribution in [2.75, 3.05) is 18.0 Å². The summed E-state index contributed by atoms with van der Waals surface area (Å²) >= 11 is 0. The number of hydrogen-bond acceptors (Lipinski definition) is 4. The largest absolute Gasteiger partial charge is 0.389 e. The second kappa shape index (κ2) is 6.59. The number of nitrogens with two attached hydrogens (primary N) is 1. The topological polar surface area (TPSA) is 90.3 Å². The van der Waals surface area contributed by atoms with Crippen LogP contribution in [0, 0.1) is 17.2 Å². The van der Waals surface area contributed by atoms with Crippen LogP contribution >= 0.6 is 0 Å². The highest BCUT2D eigenvalue weighted by Crippen LogP contribution is 2.31. The minimum Gasteiger partial charge on any atom is -0.389 e. The van der Waals surface area contributed by atoms with Crippen molar-refractivity contribution in [3.05, 3.63) is 29.3 Å². The summed E-state index contributed by atoms with van der Waals surface area (Å²) in [5, 5.41) is 18.9. The van der Waals surface area contributed by atoms with Crippen molar-refractivity contribution in [1.82, 2.24) is 0 Å². The molecule has 1 heterocycles. The van der Waals surface area contributed by atoms with Crippen LogP contribution in [0.25, 0.3) is 0 Å². The first-order valence-corrected chi connectivity index (χ1v) is 7.26. The fraction of sp³-hybridized carbons (Fsp3) is 0.500. The van der Waals surface area contributed by atoms with E-state index in [-0.39, 0.29) is 5.91 Å². The zero-order valence-corrected chi connectivity index (χ0v) is 12.2. The van der Waals surface area contributed by atoms with Crippen molar-refractivity contribution in [3.8, 4) is 6.07 Å². The van der Waals surface area contributed by atoms with Crippen LogP contribution in [-0.4, -0.2) is 24.1 Å². The standard InChI is InChI=1S/C16H21N3O2/c1-11(20)14-3-2-13(10-17)8-15(14)19-6-4-12(5-7-19)9-16(18)21/h2-3,8,11-12,20H,4-7,9H2,1H3,(H2,18,21). The zero-order chi connectivity index (χ0) is 15.4.